The Labute approximate surface area is 168 Å². The van der Waals surface area contributed by atoms with Gasteiger partial charge in [-0.3, -0.25) is 9.59 Å². The Bertz CT molecular complexity index is 997. The molecule has 0 aliphatic heterocycles. The first-order valence-electron chi connectivity index (χ1n) is 9.07. The van der Waals surface area contributed by atoms with Crippen molar-refractivity contribution in [3.63, 3.8) is 0 Å². The third-order valence-electron chi connectivity index (χ3n) is 4.34. The number of thiazole rings is 1. The molecule has 2 N–H and O–H groups in total. The van der Waals surface area contributed by atoms with Crippen LogP contribution in [0.3, 0.4) is 0 Å². The first kappa shape index (κ1) is 19.8. The summed E-state index contributed by atoms with van der Waals surface area (Å²) in [7, 11) is 1.63. The van der Waals surface area contributed by atoms with Crippen molar-refractivity contribution in [1.82, 2.24) is 9.88 Å². The highest BCUT2D eigenvalue weighted by molar-refractivity contribution is 7.18. The minimum Gasteiger partial charge on any atom is -0.374 e. The highest BCUT2D eigenvalue weighted by Gasteiger charge is 2.19. The van der Waals surface area contributed by atoms with Gasteiger partial charge in [-0.25, -0.2) is 4.98 Å². The van der Waals surface area contributed by atoms with Crippen LogP contribution in [-0.4, -0.2) is 41.3 Å². The zero-order valence-electron chi connectivity index (χ0n) is 16.4. The van der Waals surface area contributed by atoms with E-state index in [1.54, 1.807) is 25.3 Å². The van der Waals surface area contributed by atoms with E-state index in [0.717, 1.165) is 32.2 Å². The van der Waals surface area contributed by atoms with Crippen molar-refractivity contribution < 1.29 is 9.59 Å². The Kier molecular flexibility index (Phi) is 5.94. The van der Waals surface area contributed by atoms with Crippen LogP contribution in [0.1, 0.15) is 17.5 Å². The molecule has 1 unspecified atom stereocenters. The van der Waals surface area contributed by atoms with Crippen LogP contribution < -0.4 is 10.6 Å². The molecule has 3 aromatic rings. The zero-order chi connectivity index (χ0) is 20.3. The number of hydrogen-bond donors (Lipinski definition) is 2. The average molecular weight is 397 g/mol. The number of carbonyl (C=O) groups is 2. The van der Waals surface area contributed by atoms with Gasteiger partial charge in [-0.2, -0.15) is 0 Å². The van der Waals surface area contributed by atoms with E-state index in [1.807, 2.05) is 56.3 Å². The number of aryl methyl sites for hydroxylation is 2. The van der Waals surface area contributed by atoms with E-state index in [0.29, 0.717) is 0 Å². The number of anilines is 2. The molecule has 146 valence electrons. The van der Waals surface area contributed by atoms with Gasteiger partial charge in [-0.05, 0) is 51.1 Å². The quantitative estimate of drug-likeness (QED) is 0.664. The average Bonchev–Trinajstić information content (AvgIpc) is 3.02. The summed E-state index contributed by atoms with van der Waals surface area (Å²) in [5.41, 5.74) is 3.65. The van der Waals surface area contributed by atoms with Gasteiger partial charge in [0.05, 0.1) is 21.8 Å². The van der Waals surface area contributed by atoms with Crippen LogP contribution in [0, 0.1) is 13.8 Å². The van der Waals surface area contributed by atoms with Crippen molar-refractivity contribution in [2.24, 2.45) is 0 Å². The summed E-state index contributed by atoms with van der Waals surface area (Å²) in [4.78, 5) is 30.7. The first-order chi connectivity index (χ1) is 13.3. The number of likely N-dealkylation sites (N-methyl/N-ethyl adjacent to an activating group) is 1. The van der Waals surface area contributed by atoms with E-state index in [1.165, 1.54) is 4.90 Å². The molecular weight excluding hydrogens is 372 g/mol. The van der Waals surface area contributed by atoms with Gasteiger partial charge in [0.2, 0.25) is 11.8 Å². The van der Waals surface area contributed by atoms with Crippen LogP contribution in [0.25, 0.3) is 10.2 Å². The zero-order valence-corrected chi connectivity index (χ0v) is 17.3. The van der Waals surface area contributed by atoms with E-state index in [-0.39, 0.29) is 18.4 Å². The molecule has 0 fully saturated rings. The lowest BCUT2D eigenvalue weighted by molar-refractivity contribution is -0.133. The second-order valence-corrected chi connectivity index (χ2v) is 8.12. The molecule has 0 radical (unpaired) electrons. The molecule has 7 heteroatoms. The predicted octanol–water partition coefficient (Wildman–Crippen LogP) is 3.81. The topological polar surface area (TPSA) is 74.3 Å². The molecule has 0 aliphatic carbocycles. The van der Waals surface area contributed by atoms with Crippen molar-refractivity contribution in [2.75, 3.05) is 24.2 Å². The van der Waals surface area contributed by atoms with Gasteiger partial charge in [-0.1, -0.05) is 17.7 Å². The van der Waals surface area contributed by atoms with Gasteiger partial charge < -0.3 is 15.5 Å². The number of carbonyl (C=O) groups excluding carboxylic acids is 2. The fourth-order valence-electron chi connectivity index (χ4n) is 2.90. The lowest BCUT2D eigenvalue weighted by Gasteiger charge is -2.22. The summed E-state index contributed by atoms with van der Waals surface area (Å²) in [5, 5.41) is 7.03. The van der Waals surface area contributed by atoms with Gasteiger partial charge in [0.25, 0.3) is 0 Å². The van der Waals surface area contributed by atoms with Crippen LogP contribution in [0.4, 0.5) is 11.4 Å². The van der Waals surface area contributed by atoms with E-state index in [9.17, 15) is 9.59 Å². The number of aromatic nitrogens is 1. The molecule has 0 bridgehead atoms. The fourth-order valence-corrected chi connectivity index (χ4v) is 3.77. The predicted molar refractivity (Wildman–Crippen MR) is 115 cm³/mol. The van der Waals surface area contributed by atoms with Gasteiger partial charge >= 0.3 is 0 Å². The largest absolute Gasteiger partial charge is 0.374 e. The number of fused-ring (bicyclic) bond motifs is 1. The molecule has 1 atom stereocenters. The molecule has 28 heavy (non-hydrogen) atoms. The maximum atomic E-state index is 12.6. The molecule has 0 spiro atoms. The second-order valence-electron chi connectivity index (χ2n) is 6.89. The summed E-state index contributed by atoms with van der Waals surface area (Å²) in [6, 6.07) is 12.9. The summed E-state index contributed by atoms with van der Waals surface area (Å²) < 4.78 is 1.08. The Morgan fingerprint density at radius 3 is 2.50 bits per heavy atom. The Balaban J connectivity index is 1.56. The van der Waals surface area contributed by atoms with Crippen LogP contribution in [0.2, 0.25) is 0 Å². The highest BCUT2D eigenvalue weighted by atomic mass is 32.1. The van der Waals surface area contributed by atoms with E-state index in [4.69, 9.17) is 0 Å². The second kappa shape index (κ2) is 8.39. The van der Waals surface area contributed by atoms with Crippen LogP contribution in [0.5, 0.6) is 0 Å². The molecule has 0 saturated heterocycles. The van der Waals surface area contributed by atoms with Crippen molar-refractivity contribution in [3.05, 3.63) is 53.0 Å². The number of nitrogens with zero attached hydrogens (tertiary/aromatic N) is 2. The number of rotatable bonds is 6. The summed E-state index contributed by atoms with van der Waals surface area (Å²) >= 11 is 1.62. The number of hydrogen-bond acceptors (Lipinski definition) is 5. The summed E-state index contributed by atoms with van der Waals surface area (Å²) in [6.45, 7) is 5.74. The Hall–Kier alpha value is -2.93. The van der Waals surface area contributed by atoms with Crippen LogP contribution in [-0.2, 0) is 9.59 Å². The maximum Gasteiger partial charge on any atom is 0.244 e. The number of amides is 2. The van der Waals surface area contributed by atoms with E-state index < -0.39 is 6.04 Å². The van der Waals surface area contributed by atoms with Crippen molar-refractivity contribution >= 4 is 44.7 Å². The molecular formula is C21H24N4O2S. The Morgan fingerprint density at radius 1 is 1.11 bits per heavy atom. The third kappa shape index (κ3) is 4.86. The maximum absolute atomic E-state index is 12.6. The number of benzene rings is 2. The van der Waals surface area contributed by atoms with Gasteiger partial charge in [0.15, 0.2) is 0 Å². The third-order valence-corrected chi connectivity index (χ3v) is 5.27. The minimum absolute atomic E-state index is 0.00813. The molecule has 2 amide bonds. The van der Waals surface area contributed by atoms with Crippen LogP contribution in [0.15, 0.2) is 42.5 Å². The molecule has 0 aliphatic rings. The summed E-state index contributed by atoms with van der Waals surface area (Å²) in [6.07, 6.45) is 0. The lowest BCUT2D eigenvalue weighted by Crippen LogP contribution is -2.42. The fraction of sp³-hybridized carbons (Fsp3) is 0.286. The molecule has 6 nitrogen and oxygen atoms in total. The lowest BCUT2D eigenvalue weighted by atomic mass is 10.2. The van der Waals surface area contributed by atoms with Crippen molar-refractivity contribution in [2.45, 2.75) is 26.8 Å². The molecule has 3 rings (SSSR count). The van der Waals surface area contributed by atoms with Gasteiger partial charge in [-0.15, -0.1) is 11.3 Å². The normalized spacial score (nSPS) is 11.9. The standard InChI is InChI=1S/C21H24N4O2S/c1-13-5-7-16(8-6-13)24-20(26)12-25(4)21(27)14(2)22-17-9-10-18-19(11-17)28-15(3)23-18/h5-11,14,22H,12H2,1-4H3,(H,24,26). The first-order valence-corrected chi connectivity index (χ1v) is 9.88. The van der Waals surface area contributed by atoms with E-state index >= 15 is 0 Å². The Morgan fingerprint density at radius 2 is 1.79 bits per heavy atom. The number of nitrogens with one attached hydrogen (secondary N) is 2. The minimum atomic E-state index is -0.455. The van der Waals surface area contributed by atoms with Gasteiger partial charge in [0, 0.05) is 18.4 Å². The smallest absolute Gasteiger partial charge is 0.244 e. The summed E-state index contributed by atoms with van der Waals surface area (Å²) in [5.74, 6) is -0.381. The molecule has 0 saturated carbocycles. The van der Waals surface area contributed by atoms with Gasteiger partial charge in [0.1, 0.15) is 6.04 Å². The molecule has 2 aromatic carbocycles. The molecule has 1 aromatic heterocycles. The van der Waals surface area contributed by atoms with Crippen LogP contribution >= 0.6 is 11.3 Å². The highest BCUT2D eigenvalue weighted by Crippen LogP contribution is 2.25. The SMILES string of the molecule is Cc1ccc(NC(=O)CN(C)C(=O)C(C)Nc2ccc3nc(C)sc3c2)cc1. The van der Waals surface area contributed by atoms with E-state index in [2.05, 4.69) is 15.6 Å². The van der Waals surface area contributed by atoms with Crippen molar-refractivity contribution in [1.29, 1.82) is 0 Å². The van der Waals surface area contributed by atoms with Crippen molar-refractivity contribution in [3.8, 4) is 0 Å². The molecule has 1 heterocycles. The monoisotopic (exact) mass is 396 g/mol.